The minimum atomic E-state index is -0.378. The fourth-order valence-electron chi connectivity index (χ4n) is 2.43. The summed E-state index contributed by atoms with van der Waals surface area (Å²) in [4.78, 5) is 12.6. The first-order valence-corrected chi connectivity index (χ1v) is 11.0. The lowest BCUT2D eigenvalue weighted by Crippen LogP contribution is -2.22. The molecule has 10 heteroatoms. The first kappa shape index (κ1) is 22.2. The lowest BCUT2D eigenvalue weighted by Gasteiger charge is -2.12. The average molecular weight is 465 g/mol. The molecule has 2 N–H and O–H groups in total. The summed E-state index contributed by atoms with van der Waals surface area (Å²) in [5, 5.41) is 15.3. The van der Waals surface area contributed by atoms with Crippen LogP contribution >= 0.6 is 34.7 Å². The molecule has 3 rings (SSSR count). The molecule has 0 aliphatic rings. The van der Waals surface area contributed by atoms with Gasteiger partial charge in [-0.1, -0.05) is 40.8 Å². The molecule has 1 atom stereocenters. The molecule has 0 spiro atoms. The number of nitrogens with zero attached hydrogens (tertiary/aromatic N) is 2. The number of carbonyl (C=O) groups is 1. The Labute approximate surface area is 188 Å². The number of hydrogen-bond donors (Lipinski definition) is 2. The molecule has 1 aromatic heterocycles. The van der Waals surface area contributed by atoms with Gasteiger partial charge >= 0.3 is 0 Å². The minimum Gasteiger partial charge on any atom is -0.497 e. The maximum absolute atomic E-state index is 12.6. The highest BCUT2D eigenvalue weighted by Crippen LogP contribution is 2.32. The molecule has 0 fully saturated rings. The van der Waals surface area contributed by atoms with Crippen LogP contribution in [-0.4, -0.2) is 35.6 Å². The Balaban J connectivity index is 1.61. The number of carbonyl (C=O) groups excluding carboxylic acids is 1. The van der Waals surface area contributed by atoms with E-state index in [0.29, 0.717) is 31.7 Å². The fraction of sp³-hybridized carbons (Fsp3) is 0.250. The van der Waals surface area contributed by atoms with Crippen molar-refractivity contribution in [3.8, 4) is 11.5 Å². The summed E-state index contributed by atoms with van der Waals surface area (Å²) < 4.78 is 11.1. The minimum absolute atomic E-state index is 0.162. The molecule has 7 nitrogen and oxygen atoms in total. The molecule has 0 saturated heterocycles. The normalized spacial score (nSPS) is 11.6. The van der Waals surface area contributed by atoms with Crippen molar-refractivity contribution in [3.63, 3.8) is 0 Å². The summed E-state index contributed by atoms with van der Waals surface area (Å²) in [5.41, 5.74) is 2.43. The first-order valence-electron chi connectivity index (χ1n) is 8.95. The van der Waals surface area contributed by atoms with Crippen molar-refractivity contribution in [2.45, 2.75) is 23.4 Å². The van der Waals surface area contributed by atoms with Crippen LogP contribution in [0.15, 0.2) is 40.7 Å². The van der Waals surface area contributed by atoms with Gasteiger partial charge in [-0.05, 0) is 31.5 Å². The number of amides is 1. The molecule has 158 valence electrons. The number of ether oxygens (including phenoxy) is 2. The van der Waals surface area contributed by atoms with E-state index in [-0.39, 0.29) is 11.2 Å². The van der Waals surface area contributed by atoms with Gasteiger partial charge in [0.2, 0.25) is 11.0 Å². The molecular weight excluding hydrogens is 444 g/mol. The monoisotopic (exact) mass is 464 g/mol. The second kappa shape index (κ2) is 10.0. The van der Waals surface area contributed by atoms with E-state index in [2.05, 4.69) is 20.8 Å². The Bertz CT molecular complexity index is 1020. The summed E-state index contributed by atoms with van der Waals surface area (Å²) in [5.74, 6) is 1.03. The third-order valence-corrected chi connectivity index (χ3v) is 6.53. The maximum atomic E-state index is 12.6. The average Bonchev–Trinajstić information content (AvgIpc) is 3.16. The van der Waals surface area contributed by atoms with Crippen molar-refractivity contribution in [3.05, 3.63) is 47.0 Å². The van der Waals surface area contributed by atoms with Crippen LogP contribution in [0.2, 0.25) is 5.02 Å². The number of benzene rings is 2. The van der Waals surface area contributed by atoms with E-state index >= 15 is 0 Å². The largest absolute Gasteiger partial charge is 0.497 e. The van der Waals surface area contributed by atoms with Crippen LogP contribution in [0, 0.1) is 6.92 Å². The molecule has 1 amide bonds. The highest BCUT2D eigenvalue weighted by molar-refractivity contribution is 8.02. The summed E-state index contributed by atoms with van der Waals surface area (Å²) in [7, 11) is 3.12. The van der Waals surface area contributed by atoms with Crippen LogP contribution < -0.4 is 20.1 Å². The maximum Gasteiger partial charge on any atom is 0.237 e. The molecule has 0 aliphatic heterocycles. The lowest BCUT2D eigenvalue weighted by molar-refractivity contribution is -0.115. The predicted molar refractivity (Wildman–Crippen MR) is 123 cm³/mol. The van der Waals surface area contributed by atoms with E-state index in [4.69, 9.17) is 21.1 Å². The first-order chi connectivity index (χ1) is 14.4. The Hall–Kier alpha value is -2.49. The van der Waals surface area contributed by atoms with Gasteiger partial charge < -0.3 is 20.1 Å². The van der Waals surface area contributed by atoms with Gasteiger partial charge in [0.1, 0.15) is 11.5 Å². The van der Waals surface area contributed by atoms with E-state index in [1.165, 1.54) is 23.1 Å². The summed E-state index contributed by atoms with van der Waals surface area (Å²) in [6.07, 6.45) is 0. The van der Waals surface area contributed by atoms with Crippen molar-refractivity contribution in [2.75, 3.05) is 24.9 Å². The number of halogens is 1. The Morgan fingerprint density at radius 1 is 1.10 bits per heavy atom. The SMILES string of the molecule is COc1cc(NC(=O)C(C)Sc2nnc(Nc3ccc(C)c(Cl)c3)s2)cc(OC)c1. The van der Waals surface area contributed by atoms with Gasteiger partial charge in [-0.25, -0.2) is 0 Å². The van der Waals surface area contributed by atoms with Crippen LogP contribution in [-0.2, 0) is 4.79 Å². The second-order valence-corrected chi connectivity index (χ2v) is 9.29. The summed E-state index contributed by atoms with van der Waals surface area (Å²) in [6, 6.07) is 10.9. The molecule has 1 heterocycles. The van der Waals surface area contributed by atoms with Crippen molar-refractivity contribution < 1.29 is 14.3 Å². The fourth-order valence-corrected chi connectivity index (χ4v) is 4.53. The molecule has 3 aromatic rings. The van der Waals surface area contributed by atoms with E-state index in [1.54, 1.807) is 32.4 Å². The number of rotatable bonds is 8. The number of nitrogens with one attached hydrogen (secondary N) is 2. The second-order valence-electron chi connectivity index (χ2n) is 6.31. The number of methoxy groups -OCH3 is 2. The van der Waals surface area contributed by atoms with E-state index in [1.807, 2.05) is 32.0 Å². The van der Waals surface area contributed by atoms with Gasteiger partial charge in [0, 0.05) is 34.6 Å². The van der Waals surface area contributed by atoms with Crippen LogP contribution in [0.5, 0.6) is 11.5 Å². The van der Waals surface area contributed by atoms with E-state index in [0.717, 1.165) is 11.3 Å². The molecule has 0 aliphatic carbocycles. The van der Waals surface area contributed by atoms with Crippen molar-refractivity contribution in [1.82, 2.24) is 10.2 Å². The molecule has 30 heavy (non-hydrogen) atoms. The van der Waals surface area contributed by atoms with Crippen molar-refractivity contribution in [1.29, 1.82) is 0 Å². The Morgan fingerprint density at radius 2 is 1.80 bits per heavy atom. The Morgan fingerprint density at radius 3 is 2.43 bits per heavy atom. The van der Waals surface area contributed by atoms with Crippen molar-refractivity contribution in [2.24, 2.45) is 0 Å². The molecule has 0 bridgehead atoms. The number of aryl methyl sites for hydroxylation is 1. The van der Waals surface area contributed by atoms with Gasteiger partial charge in [-0.15, -0.1) is 10.2 Å². The van der Waals surface area contributed by atoms with Crippen LogP contribution in [0.4, 0.5) is 16.5 Å². The molecule has 2 aromatic carbocycles. The topological polar surface area (TPSA) is 85.4 Å². The number of hydrogen-bond acceptors (Lipinski definition) is 8. The molecule has 0 saturated carbocycles. The van der Waals surface area contributed by atoms with Gasteiger partial charge in [-0.2, -0.15) is 0 Å². The third-order valence-electron chi connectivity index (χ3n) is 4.10. The number of aromatic nitrogens is 2. The van der Waals surface area contributed by atoms with Gasteiger partial charge in [0.15, 0.2) is 4.34 Å². The smallest absolute Gasteiger partial charge is 0.237 e. The molecule has 0 radical (unpaired) electrons. The van der Waals surface area contributed by atoms with Gasteiger partial charge in [-0.3, -0.25) is 4.79 Å². The predicted octanol–water partition coefficient (Wildman–Crippen LogP) is 5.38. The third kappa shape index (κ3) is 5.78. The quantitative estimate of drug-likeness (QED) is 0.433. The van der Waals surface area contributed by atoms with Crippen LogP contribution in [0.25, 0.3) is 0 Å². The number of thioether (sulfide) groups is 1. The summed E-state index contributed by atoms with van der Waals surface area (Å²) >= 11 is 8.86. The van der Waals surface area contributed by atoms with E-state index in [9.17, 15) is 4.79 Å². The van der Waals surface area contributed by atoms with Crippen molar-refractivity contribution >= 4 is 57.1 Å². The van der Waals surface area contributed by atoms with Crippen LogP contribution in [0.1, 0.15) is 12.5 Å². The van der Waals surface area contributed by atoms with Gasteiger partial charge in [0.05, 0.1) is 19.5 Å². The molecule has 1 unspecified atom stereocenters. The molecular formula is C20H21ClN4O3S2. The van der Waals surface area contributed by atoms with Crippen LogP contribution in [0.3, 0.4) is 0 Å². The van der Waals surface area contributed by atoms with Gasteiger partial charge in [0.25, 0.3) is 0 Å². The zero-order valence-electron chi connectivity index (χ0n) is 16.9. The highest BCUT2D eigenvalue weighted by Gasteiger charge is 2.18. The zero-order chi connectivity index (χ0) is 21.7. The highest BCUT2D eigenvalue weighted by atomic mass is 35.5. The number of anilines is 3. The van der Waals surface area contributed by atoms with E-state index < -0.39 is 0 Å². The Kier molecular flexibility index (Phi) is 7.41. The standard InChI is InChI=1S/C20H21ClN4O3S2/c1-11-5-6-13(9-17(11)21)23-19-24-25-20(30-19)29-12(2)18(26)22-14-7-15(27-3)10-16(8-14)28-4/h5-10,12H,1-4H3,(H,22,26)(H,23,24). The lowest BCUT2D eigenvalue weighted by atomic mass is 10.2. The zero-order valence-corrected chi connectivity index (χ0v) is 19.2. The summed E-state index contributed by atoms with van der Waals surface area (Å²) in [6.45, 7) is 3.76.